The van der Waals surface area contributed by atoms with E-state index in [0.29, 0.717) is 18.7 Å². The van der Waals surface area contributed by atoms with Crippen LogP contribution in [0, 0.1) is 0 Å². The van der Waals surface area contributed by atoms with Crippen LogP contribution in [0.15, 0.2) is 48.5 Å². The van der Waals surface area contributed by atoms with Gasteiger partial charge in [-0.25, -0.2) is 0 Å². The van der Waals surface area contributed by atoms with E-state index >= 15 is 0 Å². The Balaban J connectivity index is 1.75. The fourth-order valence-corrected chi connectivity index (χ4v) is 4.48. The van der Waals surface area contributed by atoms with Gasteiger partial charge >= 0.3 is 0 Å². The van der Waals surface area contributed by atoms with E-state index in [2.05, 4.69) is 12.2 Å². The number of carbonyl (C=O) groups excluding carboxylic acids is 2. The smallest absolute Gasteiger partial charge is 0.261 e. The molecule has 34 heavy (non-hydrogen) atoms. The number of carbonyl (C=O) groups is 2. The average molecular weight is 467 g/mol. The first-order valence-corrected chi connectivity index (χ1v) is 12.5. The molecule has 0 aliphatic heterocycles. The largest absolute Gasteiger partial charge is 0.497 e. The summed E-state index contributed by atoms with van der Waals surface area (Å²) in [5.41, 5.74) is 2.12. The Hall–Kier alpha value is -3.02. The van der Waals surface area contributed by atoms with Crippen molar-refractivity contribution in [3.8, 4) is 11.5 Å². The van der Waals surface area contributed by atoms with Crippen LogP contribution in [0.1, 0.15) is 63.5 Å². The van der Waals surface area contributed by atoms with Crippen LogP contribution < -0.4 is 14.8 Å². The van der Waals surface area contributed by atoms with E-state index in [1.54, 1.807) is 12.0 Å². The molecule has 0 aromatic heterocycles. The van der Waals surface area contributed by atoms with Crippen molar-refractivity contribution in [3.05, 3.63) is 59.7 Å². The molecule has 1 saturated carbocycles. The third kappa shape index (κ3) is 7.24. The van der Waals surface area contributed by atoms with Gasteiger partial charge in [0.1, 0.15) is 17.5 Å². The molecule has 1 aliphatic rings. The Labute approximate surface area is 203 Å². The van der Waals surface area contributed by atoms with Crippen molar-refractivity contribution in [1.82, 2.24) is 10.2 Å². The number of hydrogen-bond donors (Lipinski definition) is 1. The van der Waals surface area contributed by atoms with Gasteiger partial charge in [-0.1, -0.05) is 57.4 Å². The zero-order valence-electron chi connectivity index (χ0n) is 20.7. The van der Waals surface area contributed by atoms with Gasteiger partial charge in [-0.05, 0) is 61.1 Å². The summed E-state index contributed by atoms with van der Waals surface area (Å²) in [6.07, 6.45) is 6.98. The summed E-state index contributed by atoms with van der Waals surface area (Å²) in [5.74, 6) is 1.06. The van der Waals surface area contributed by atoms with Crippen LogP contribution in [0.2, 0.25) is 0 Å². The van der Waals surface area contributed by atoms with Crippen LogP contribution in [0.4, 0.5) is 0 Å². The van der Waals surface area contributed by atoms with Crippen molar-refractivity contribution in [3.63, 3.8) is 0 Å². The fraction of sp³-hybridized carbons (Fsp3) is 0.500. The molecule has 0 spiro atoms. The lowest BCUT2D eigenvalue weighted by Gasteiger charge is -2.32. The summed E-state index contributed by atoms with van der Waals surface area (Å²) in [6.45, 7) is 4.23. The molecule has 3 rings (SSSR count). The lowest BCUT2D eigenvalue weighted by Crippen LogP contribution is -2.52. The van der Waals surface area contributed by atoms with Crippen molar-refractivity contribution >= 4 is 11.8 Å². The maximum atomic E-state index is 13.4. The van der Waals surface area contributed by atoms with Crippen LogP contribution >= 0.6 is 0 Å². The molecule has 2 amide bonds. The minimum Gasteiger partial charge on any atom is -0.497 e. The van der Waals surface area contributed by atoms with Crippen molar-refractivity contribution in [2.45, 2.75) is 77.4 Å². The van der Waals surface area contributed by atoms with E-state index in [9.17, 15) is 9.59 Å². The second kappa shape index (κ2) is 13.0. The number of nitrogens with one attached hydrogen (secondary N) is 1. The number of aryl methyl sites for hydroxylation is 1. The summed E-state index contributed by atoms with van der Waals surface area (Å²) in [6, 6.07) is 15.0. The van der Waals surface area contributed by atoms with Crippen molar-refractivity contribution < 1.29 is 19.1 Å². The summed E-state index contributed by atoms with van der Waals surface area (Å²) in [7, 11) is 1.62. The van der Waals surface area contributed by atoms with Gasteiger partial charge in [0.2, 0.25) is 5.91 Å². The van der Waals surface area contributed by atoms with Gasteiger partial charge in [0.25, 0.3) is 5.91 Å². The van der Waals surface area contributed by atoms with Gasteiger partial charge in [-0.15, -0.1) is 0 Å². The number of ether oxygens (including phenoxy) is 2. The van der Waals surface area contributed by atoms with E-state index in [4.69, 9.17) is 9.47 Å². The lowest BCUT2D eigenvalue weighted by molar-refractivity contribution is -0.143. The highest BCUT2D eigenvalue weighted by molar-refractivity contribution is 5.88. The maximum absolute atomic E-state index is 13.4. The van der Waals surface area contributed by atoms with Crippen LogP contribution in [-0.2, 0) is 22.6 Å². The SMILES string of the molecule is CCc1ccc(OCC(=O)N(Cc2cccc(OC)c2)[C@H](CC)C(=O)NC2CCCCC2)cc1. The predicted molar refractivity (Wildman–Crippen MR) is 134 cm³/mol. The normalized spacial score (nSPS) is 14.8. The third-order valence-corrected chi connectivity index (χ3v) is 6.52. The number of amides is 2. The van der Waals surface area contributed by atoms with Crippen molar-refractivity contribution in [2.75, 3.05) is 13.7 Å². The summed E-state index contributed by atoms with van der Waals surface area (Å²) < 4.78 is 11.2. The lowest BCUT2D eigenvalue weighted by atomic mass is 9.95. The molecule has 6 nitrogen and oxygen atoms in total. The van der Waals surface area contributed by atoms with Crippen LogP contribution in [-0.4, -0.2) is 42.5 Å². The Morgan fingerprint density at radius 3 is 2.38 bits per heavy atom. The Bertz CT molecular complexity index is 922. The second-order valence-corrected chi connectivity index (χ2v) is 8.93. The molecule has 1 fully saturated rings. The van der Waals surface area contributed by atoms with E-state index in [-0.39, 0.29) is 24.5 Å². The molecular formula is C28H38N2O4. The summed E-state index contributed by atoms with van der Waals surface area (Å²) >= 11 is 0. The van der Waals surface area contributed by atoms with E-state index in [1.165, 1.54) is 12.0 Å². The maximum Gasteiger partial charge on any atom is 0.261 e. The number of methoxy groups -OCH3 is 1. The Kier molecular flexibility index (Phi) is 9.80. The number of benzene rings is 2. The molecule has 0 unspecified atom stereocenters. The molecule has 2 aromatic rings. The topological polar surface area (TPSA) is 67.9 Å². The molecule has 2 aromatic carbocycles. The van der Waals surface area contributed by atoms with Crippen molar-refractivity contribution in [1.29, 1.82) is 0 Å². The first-order valence-electron chi connectivity index (χ1n) is 12.5. The minimum absolute atomic E-state index is 0.0852. The number of rotatable bonds is 11. The van der Waals surface area contributed by atoms with Crippen LogP contribution in [0.25, 0.3) is 0 Å². The zero-order valence-corrected chi connectivity index (χ0v) is 20.7. The second-order valence-electron chi connectivity index (χ2n) is 8.93. The van der Waals surface area contributed by atoms with Gasteiger partial charge in [0, 0.05) is 12.6 Å². The number of nitrogens with zero attached hydrogens (tertiary/aromatic N) is 1. The highest BCUT2D eigenvalue weighted by Gasteiger charge is 2.30. The van der Waals surface area contributed by atoms with E-state index in [1.807, 2.05) is 55.5 Å². The Morgan fingerprint density at radius 1 is 1.00 bits per heavy atom. The Morgan fingerprint density at radius 2 is 1.74 bits per heavy atom. The first-order chi connectivity index (χ1) is 16.5. The molecule has 6 heteroatoms. The molecular weight excluding hydrogens is 428 g/mol. The highest BCUT2D eigenvalue weighted by Crippen LogP contribution is 2.21. The molecule has 1 N–H and O–H groups in total. The van der Waals surface area contributed by atoms with Gasteiger partial charge < -0.3 is 19.7 Å². The molecule has 184 valence electrons. The molecule has 0 radical (unpaired) electrons. The molecule has 1 aliphatic carbocycles. The van der Waals surface area contributed by atoms with Gasteiger partial charge in [-0.3, -0.25) is 9.59 Å². The minimum atomic E-state index is -0.563. The van der Waals surface area contributed by atoms with Gasteiger partial charge in [0.15, 0.2) is 6.61 Å². The van der Waals surface area contributed by atoms with Crippen molar-refractivity contribution in [2.24, 2.45) is 0 Å². The monoisotopic (exact) mass is 466 g/mol. The predicted octanol–water partition coefficient (Wildman–Crippen LogP) is 4.89. The van der Waals surface area contributed by atoms with Gasteiger partial charge in [0.05, 0.1) is 7.11 Å². The first kappa shape index (κ1) is 25.6. The fourth-order valence-electron chi connectivity index (χ4n) is 4.48. The summed E-state index contributed by atoms with van der Waals surface area (Å²) in [4.78, 5) is 28.3. The van der Waals surface area contributed by atoms with Crippen LogP contribution in [0.3, 0.4) is 0 Å². The van der Waals surface area contributed by atoms with E-state index in [0.717, 1.165) is 43.4 Å². The highest BCUT2D eigenvalue weighted by atomic mass is 16.5. The zero-order chi connectivity index (χ0) is 24.3. The third-order valence-electron chi connectivity index (χ3n) is 6.52. The quantitative estimate of drug-likeness (QED) is 0.512. The van der Waals surface area contributed by atoms with E-state index < -0.39 is 6.04 Å². The van der Waals surface area contributed by atoms with Gasteiger partial charge in [-0.2, -0.15) is 0 Å². The van der Waals surface area contributed by atoms with Crippen LogP contribution in [0.5, 0.6) is 11.5 Å². The molecule has 0 saturated heterocycles. The number of hydrogen-bond acceptors (Lipinski definition) is 4. The average Bonchev–Trinajstić information content (AvgIpc) is 2.88. The summed E-state index contributed by atoms with van der Waals surface area (Å²) in [5, 5.41) is 3.20. The standard InChI is InChI=1S/C28H38N2O4/c1-4-21-14-16-24(17-15-21)34-20-27(31)30(19-22-10-9-13-25(18-22)33-3)26(5-2)28(32)29-23-11-7-6-8-12-23/h9-10,13-18,23,26H,4-8,11-12,19-20H2,1-3H3,(H,29,32)/t26-/m1/s1. The molecule has 0 bridgehead atoms. The molecule has 0 heterocycles. The molecule has 1 atom stereocenters.